The lowest BCUT2D eigenvalue weighted by Gasteiger charge is -2.29. The molecule has 0 bridgehead atoms. The summed E-state index contributed by atoms with van der Waals surface area (Å²) in [6, 6.07) is 13.9. The molecule has 2 amide bonds. The Kier molecular flexibility index (Phi) is 7.04. The van der Waals surface area contributed by atoms with Crippen molar-refractivity contribution in [3.63, 3.8) is 0 Å². The average molecular weight is 368 g/mol. The first-order valence-electron chi connectivity index (χ1n) is 9.64. The molecule has 6 nitrogen and oxygen atoms in total. The Morgan fingerprint density at radius 3 is 2.70 bits per heavy atom. The van der Waals surface area contributed by atoms with E-state index in [1.54, 1.807) is 6.20 Å². The Balaban J connectivity index is 1.60. The third kappa shape index (κ3) is 5.44. The van der Waals surface area contributed by atoms with Crippen LogP contribution in [-0.2, 0) is 11.3 Å². The number of ether oxygens (including phenoxy) is 1. The SMILES string of the molecule is CCCC(NC(=O)NCc1cccnc1N1CCOCC1)c1ccccc1. The summed E-state index contributed by atoms with van der Waals surface area (Å²) in [5.74, 6) is 0.925. The maximum atomic E-state index is 12.5. The van der Waals surface area contributed by atoms with E-state index in [2.05, 4.69) is 39.6 Å². The summed E-state index contributed by atoms with van der Waals surface area (Å²) in [6.45, 7) is 5.63. The number of hydrogen-bond acceptors (Lipinski definition) is 4. The van der Waals surface area contributed by atoms with Crippen LogP contribution in [0.2, 0.25) is 0 Å². The highest BCUT2D eigenvalue weighted by atomic mass is 16.5. The molecule has 1 fully saturated rings. The molecule has 1 aliphatic rings. The van der Waals surface area contributed by atoms with Crippen molar-refractivity contribution in [1.82, 2.24) is 15.6 Å². The van der Waals surface area contributed by atoms with E-state index in [0.717, 1.165) is 42.9 Å². The zero-order valence-corrected chi connectivity index (χ0v) is 15.9. The van der Waals surface area contributed by atoms with Gasteiger partial charge in [0, 0.05) is 31.4 Å². The van der Waals surface area contributed by atoms with Crippen LogP contribution < -0.4 is 15.5 Å². The lowest BCUT2D eigenvalue weighted by molar-refractivity contribution is 0.122. The quantitative estimate of drug-likeness (QED) is 0.787. The van der Waals surface area contributed by atoms with Crippen LogP contribution >= 0.6 is 0 Å². The molecular formula is C21H28N4O2. The standard InChI is InChI=1S/C21H28N4O2/c1-2-7-19(17-8-4-3-5-9-17)24-21(26)23-16-18-10-6-11-22-20(18)25-12-14-27-15-13-25/h3-6,8-11,19H,2,7,12-16H2,1H3,(H2,23,24,26). The summed E-state index contributed by atoms with van der Waals surface area (Å²) >= 11 is 0. The molecule has 1 saturated heterocycles. The minimum Gasteiger partial charge on any atom is -0.378 e. The molecule has 2 N–H and O–H groups in total. The van der Waals surface area contributed by atoms with Crippen molar-refractivity contribution in [2.24, 2.45) is 0 Å². The molecule has 1 atom stereocenters. The third-order valence-corrected chi connectivity index (χ3v) is 4.70. The summed E-state index contributed by atoms with van der Waals surface area (Å²) < 4.78 is 5.42. The van der Waals surface area contributed by atoms with Gasteiger partial charge in [0.1, 0.15) is 5.82 Å². The number of pyridine rings is 1. The second-order valence-corrected chi connectivity index (χ2v) is 6.66. The average Bonchev–Trinajstić information content (AvgIpc) is 2.73. The molecule has 1 aliphatic heterocycles. The zero-order valence-electron chi connectivity index (χ0n) is 15.9. The Morgan fingerprint density at radius 1 is 1.19 bits per heavy atom. The van der Waals surface area contributed by atoms with Gasteiger partial charge in [-0.05, 0) is 18.1 Å². The molecule has 144 valence electrons. The molecule has 0 radical (unpaired) electrons. The number of rotatable bonds is 7. The Labute approximate surface area is 160 Å². The molecule has 0 saturated carbocycles. The van der Waals surface area contributed by atoms with Crippen molar-refractivity contribution in [1.29, 1.82) is 0 Å². The zero-order chi connectivity index (χ0) is 18.9. The largest absolute Gasteiger partial charge is 0.378 e. The molecule has 2 heterocycles. The fourth-order valence-corrected chi connectivity index (χ4v) is 3.31. The van der Waals surface area contributed by atoms with Crippen LogP contribution in [0.4, 0.5) is 10.6 Å². The summed E-state index contributed by atoms with van der Waals surface area (Å²) in [7, 11) is 0. The van der Waals surface area contributed by atoms with Crippen molar-refractivity contribution >= 4 is 11.8 Å². The van der Waals surface area contributed by atoms with Gasteiger partial charge >= 0.3 is 6.03 Å². The Bertz CT molecular complexity index is 717. The number of carbonyl (C=O) groups is 1. The number of amides is 2. The highest BCUT2D eigenvalue weighted by Crippen LogP contribution is 2.19. The molecule has 1 unspecified atom stereocenters. The maximum absolute atomic E-state index is 12.5. The van der Waals surface area contributed by atoms with E-state index in [1.807, 2.05) is 30.3 Å². The van der Waals surface area contributed by atoms with Crippen LogP contribution in [-0.4, -0.2) is 37.3 Å². The normalized spacial score (nSPS) is 15.2. The van der Waals surface area contributed by atoms with Gasteiger partial charge in [-0.3, -0.25) is 0 Å². The van der Waals surface area contributed by atoms with Crippen LogP contribution in [0.25, 0.3) is 0 Å². The number of urea groups is 1. The second-order valence-electron chi connectivity index (χ2n) is 6.66. The molecule has 3 rings (SSSR count). The van der Waals surface area contributed by atoms with E-state index in [9.17, 15) is 4.79 Å². The van der Waals surface area contributed by atoms with E-state index in [-0.39, 0.29) is 12.1 Å². The molecular weight excluding hydrogens is 340 g/mol. The Morgan fingerprint density at radius 2 is 1.96 bits per heavy atom. The van der Waals surface area contributed by atoms with Gasteiger partial charge in [-0.15, -0.1) is 0 Å². The number of benzene rings is 1. The van der Waals surface area contributed by atoms with Crippen molar-refractivity contribution in [3.05, 3.63) is 59.8 Å². The minimum atomic E-state index is -0.158. The molecule has 6 heteroatoms. The number of nitrogens with zero attached hydrogens (tertiary/aromatic N) is 2. The van der Waals surface area contributed by atoms with Gasteiger partial charge in [0.15, 0.2) is 0 Å². The van der Waals surface area contributed by atoms with E-state index >= 15 is 0 Å². The van der Waals surface area contributed by atoms with Gasteiger partial charge in [-0.2, -0.15) is 0 Å². The van der Waals surface area contributed by atoms with Gasteiger partial charge in [0.25, 0.3) is 0 Å². The van der Waals surface area contributed by atoms with E-state index in [0.29, 0.717) is 19.8 Å². The first-order chi connectivity index (χ1) is 13.3. The van der Waals surface area contributed by atoms with E-state index in [1.165, 1.54) is 0 Å². The number of aromatic nitrogens is 1. The first kappa shape index (κ1) is 19.2. The van der Waals surface area contributed by atoms with Gasteiger partial charge in [0.2, 0.25) is 0 Å². The highest BCUT2D eigenvalue weighted by Gasteiger charge is 2.17. The van der Waals surface area contributed by atoms with Crippen LogP contribution in [0.15, 0.2) is 48.7 Å². The summed E-state index contributed by atoms with van der Waals surface area (Å²) in [6.07, 6.45) is 3.70. The number of nitrogens with one attached hydrogen (secondary N) is 2. The Hall–Kier alpha value is -2.60. The van der Waals surface area contributed by atoms with Crippen molar-refractivity contribution < 1.29 is 9.53 Å². The molecule has 1 aromatic carbocycles. The second kappa shape index (κ2) is 9.92. The van der Waals surface area contributed by atoms with Crippen LogP contribution in [0, 0.1) is 0 Å². The number of carbonyl (C=O) groups excluding carboxylic acids is 1. The summed E-state index contributed by atoms with van der Waals surface area (Å²) in [4.78, 5) is 19.2. The van der Waals surface area contributed by atoms with Crippen molar-refractivity contribution in [2.45, 2.75) is 32.4 Å². The monoisotopic (exact) mass is 368 g/mol. The molecule has 2 aromatic rings. The molecule has 27 heavy (non-hydrogen) atoms. The fourth-order valence-electron chi connectivity index (χ4n) is 3.31. The molecule has 0 aliphatic carbocycles. The van der Waals surface area contributed by atoms with Crippen LogP contribution in [0.5, 0.6) is 0 Å². The minimum absolute atomic E-state index is 0.0174. The first-order valence-corrected chi connectivity index (χ1v) is 9.64. The fraction of sp³-hybridized carbons (Fsp3) is 0.429. The predicted octanol–water partition coefficient (Wildman–Crippen LogP) is 3.26. The number of anilines is 1. The topological polar surface area (TPSA) is 66.5 Å². The van der Waals surface area contributed by atoms with Crippen LogP contribution in [0.3, 0.4) is 0 Å². The van der Waals surface area contributed by atoms with Crippen molar-refractivity contribution in [2.75, 3.05) is 31.2 Å². The van der Waals surface area contributed by atoms with Crippen LogP contribution in [0.1, 0.15) is 36.9 Å². The maximum Gasteiger partial charge on any atom is 0.315 e. The molecule has 1 aromatic heterocycles. The predicted molar refractivity (Wildman–Crippen MR) is 107 cm³/mol. The third-order valence-electron chi connectivity index (χ3n) is 4.70. The van der Waals surface area contributed by atoms with E-state index < -0.39 is 0 Å². The summed E-state index contributed by atoms with van der Waals surface area (Å²) in [5.41, 5.74) is 2.14. The van der Waals surface area contributed by atoms with Crippen molar-refractivity contribution in [3.8, 4) is 0 Å². The smallest absolute Gasteiger partial charge is 0.315 e. The molecule has 0 spiro atoms. The summed E-state index contributed by atoms with van der Waals surface area (Å²) in [5, 5.41) is 6.09. The highest BCUT2D eigenvalue weighted by molar-refractivity contribution is 5.74. The van der Waals surface area contributed by atoms with Gasteiger partial charge < -0.3 is 20.3 Å². The number of hydrogen-bond donors (Lipinski definition) is 2. The van der Waals surface area contributed by atoms with E-state index in [4.69, 9.17) is 4.74 Å². The van der Waals surface area contributed by atoms with Gasteiger partial charge in [-0.25, -0.2) is 9.78 Å². The van der Waals surface area contributed by atoms with Gasteiger partial charge in [0.05, 0.1) is 19.3 Å². The number of morpholine rings is 1. The lowest BCUT2D eigenvalue weighted by atomic mass is 10.0. The lowest BCUT2D eigenvalue weighted by Crippen LogP contribution is -2.39. The van der Waals surface area contributed by atoms with Gasteiger partial charge in [-0.1, -0.05) is 49.7 Å².